The molecule has 18 heavy (non-hydrogen) atoms. The van der Waals surface area contributed by atoms with Crippen LogP contribution >= 0.6 is 23.2 Å². The molecule has 2 N–H and O–H groups in total. The summed E-state index contributed by atoms with van der Waals surface area (Å²) in [5.74, 6) is -0.397. The minimum Gasteiger partial charge on any atom is -0.368 e. The summed E-state index contributed by atoms with van der Waals surface area (Å²) < 4.78 is 0. The molecule has 5 nitrogen and oxygen atoms in total. The molecule has 7 heteroatoms. The quantitative estimate of drug-likeness (QED) is 0.920. The highest BCUT2D eigenvalue weighted by molar-refractivity contribution is 6.33. The van der Waals surface area contributed by atoms with Gasteiger partial charge in [0, 0.05) is 12.1 Å². The van der Waals surface area contributed by atoms with Crippen molar-refractivity contribution < 1.29 is 4.79 Å². The second kappa shape index (κ2) is 5.71. The third-order valence-corrected chi connectivity index (χ3v) is 3.56. The molecule has 1 saturated carbocycles. The van der Waals surface area contributed by atoms with Gasteiger partial charge in [-0.15, -0.1) is 10.2 Å². The molecule has 0 saturated heterocycles. The van der Waals surface area contributed by atoms with Crippen molar-refractivity contribution >= 4 is 34.8 Å². The Hall–Kier alpha value is -1.07. The summed E-state index contributed by atoms with van der Waals surface area (Å²) in [6.45, 7) is 0.117. The van der Waals surface area contributed by atoms with Crippen molar-refractivity contribution in [2.75, 3.05) is 11.4 Å². The van der Waals surface area contributed by atoms with E-state index in [-0.39, 0.29) is 22.9 Å². The Morgan fingerprint density at radius 3 is 2.67 bits per heavy atom. The Morgan fingerprint density at radius 2 is 2.06 bits per heavy atom. The summed E-state index contributed by atoms with van der Waals surface area (Å²) in [5, 5.41) is 7.93. The molecule has 1 amide bonds. The van der Waals surface area contributed by atoms with Crippen LogP contribution < -0.4 is 10.6 Å². The lowest BCUT2D eigenvalue weighted by molar-refractivity contribution is -0.116. The van der Waals surface area contributed by atoms with Crippen LogP contribution in [0.3, 0.4) is 0 Å². The fourth-order valence-corrected chi connectivity index (χ4v) is 2.68. The normalized spacial score (nSPS) is 15.9. The molecule has 0 aliphatic heterocycles. The maximum absolute atomic E-state index is 11.2. The second-order valence-electron chi connectivity index (χ2n) is 4.38. The first kappa shape index (κ1) is 13.4. The van der Waals surface area contributed by atoms with E-state index >= 15 is 0 Å². The lowest BCUT2D eigenvalue weighted by Gasteiger charge is -2.30. The number of anilines is 1. The second-order valence-corrected chi connectivity index (χ2v) is 5.12. The van der Waals surface area contributed by atoms with E-state index in [0.29, 0.717) is 5.69 Å². The van der Waals surface area contributed by atoms with Crippen molar-refractivity contribution in [2.24, 2.45) is 5.73 Å². The SMILES string of the molecule is NC(=O)CN(c1cc(Cl)nnc1Cl)C1CCCC1. The largest absolute Gasteiger partial charge is 0.368 e. The molecule has 1 aliphatic carbocycles. The van der Waals surface area contributed by atoms with Crippen LogP contribution in [0.4, 0.5) is 5.69 Å². The van der Waals surface area contributed by atoms with Gasteiger partial charge in [-0.3, -0.25) is 4.79 Å². The number of amides is 1. The van der Waals surface area contributed by atoms with Gasteiger partial charge in [-0.2, -0.15) is 0 Å². The molecule has 1 aromatic rings. The first-order valence-electron chi connectivity index (χ1n) is 5.81. The van der Waals surface area contributed by atoms with Gasteiger partial charge in [0.15, 0.2) is 10.3 Å². The first-order chi connectivity index (χ1) is 8.58. The molecular weight excluding hydrogens is 275 g/mol. The molecule has 0 atom stereocenters. The molecule has 0 aromatic carbocycles. The third-order valence-electron chi connectivity index (χ3n) is 3.10. The smallest absolute Gasteiger partial charge is 0.236 e. The van der Waals surface area contributed by atoms with Crippen molar-refractivity contribution in [1.29, 1.82) is 0 Å². The molecule has 0 bridgehead atoms. The van der Waals surface area contributed by atoms with E-state index in [4.69, 9.17) is 28.9 Å². The molecule has 1 aliphatic rings. The highest BCUT2D eigenvalue weighted by Crippen LogP contribution is 2.32. The standard InChI is InChI=1S/C11H14Cl2N4O/c12-9-5-8(11(13)16-15-9)17(6-10(14)18)7-3-1-2-4-7/h5,7H,1-4,6H2,(H2,14,18). The van der Waals surface area contributed by atoms with E-state index in [1.165, 1.54) is 0 Å². The van der Waals surface area contributed by atoms with Crippen LogP contribution in [0.15, 0.2) is 6.07 Å². The maximum Gasteiger partial charge on any atom is 0.236 e. The number of aromatic nitrogens is 2. The monoisotopic (exact) mass is 288 g/mol. The molecule has 2 rings (SSSR count). The highest BCUT2D eigenvalue weighted by atomic mass is 35.5. The molecule has 1 fully saturated rings. The fraction of sp³-hybridized carbons (Fsp3) is 0.545. The van der Waals surface area contributed by atoms with Crippen molar-refractivity contribution in [1.82, 2.24) is 10.2 Å². The van der Waals surface area contributed by atoms with Crippen molar-refractivity contribution in [3.63, 3.8) is 0 Å². The van der Waals surface area contributed by atoms with Crippen LogP contribution in [0.25, 0.3) is 0 Å². The van der Waals surface area contributed by atoms with E-state index in [9.17, 15) is 4.79 Å². The van der Waals surface area contributed by atoms with Crippen LogP contribution in [-0.4, -0.2) is 28.7 Å². The van der Waals surface area contributed by atoms with E-state index in [0.717, 1.165) is 25.7 Å². The number of primary amides is 1. The number of halogens is 2. The van der Waals surface area contributed by atoms with E-state index in [1.807, 2.05) is 4.90 Å². The van der Waals surface area contributed by atoms with Gasteiger partial charge < -0.3 is 10.6 Å². The number of nitrogens with two attached hydrogens (primary N) is 1. The van der Waals surface area contributed by atoms with E-state index in [1.54, 1.807) is 6.07 Å². The highest BCUT2D eigenvalue weighted by Gasteiger charge is 2.26. The van der Waals surface area contributed by atoms with Crippen LogP contribution in [0.2, 0.25) is 10.3 Å². The summed E-state index contributed by atoms with van der Waals surface area (Å²) in [7, 11) is 0. The van der Waals surface area contributed by atoms with E-state index < -0.39 is 5.91 Å². The lowest BCUT2D eigenvalue weighted by Crippen LogP contribution is -2.40. The minimum absolute atomic E-state index is 0.117. The van der Waals surface area contributed by atoms with Crippen LogP contribution in [-0.2, 0) is 4.79 Å². The van der Waals surface area contributed by atoms with Gasteiger partial charge in [-0.05, 0) is 12.8 Å². The molecular formula is C11H14Cl2N4O. The number of carbonyl (C=O) groups is 1. The van der Waals surface area contributed by atoms with Crippen LogP contribution in [0.1, 0.15) is 25.7 Å². The van der Waals surface area contributed by atoms with Gasteiger partial charge in [0.05, 0.1) is 12.2 Å². The van der Waals surface area contributed by atoms with Gasteiger partial charge in [0.25, 0.3) is 0 Å². The molecule has 0 unspecified atom stereocenters. The zero-order chi connectivity index (χ0) is 13.1. The number of hydrogen-bond acceptors (Lipinski definition) is 4. The van der Waals surface area contributed by atoms with E-state index in [2.05, 4.69) is 10.2 Å². The Bertz CT molecular complexity index is 449. The van der Waals surface area contributed by atoms with Gasteiger partial charge >= 0.3 is 0 Å². The Balaban J connectivity index is 2.31. The van der Waals surface area contributed by atoms with Crippen LogP contribution in [0, 0.1) is 0 Å². The molecule has 0 radical (unpaired) electrons. The Morgan fingerprint density at radius 1 is 1.39 bits per heavy atom. The van der Waals surface area contributed by atoms with Gasteiger partial charge in [-0.25, -0.2) is 0 Å². The molecule has 1 heterocycles. The summed E-state index contributed by atoms with van der Waals surface area (Å²) in [4.78, 5) is 13.1. The van der Waals surface area contributed by atoms with Gasteiger partial charge in [0.1, 0.15) is 0 Å². The third kappa shape index (κ3) is 3.03. The van der Waals surface area contributed by atoms with Crippen molar-refractivity contribution in [2.45, 2.75) is 31.7 Å². The number of rotatable bonds is 4. The first-order valence-corrected chi connectivity index (χ1v) is 6.57. The predicted octanol–water partition coefficient (Wildman–Crippen LogP) is 2.02. The zero-order valence-electron chi connectivity index (χ0n) is 9.77. The summed E-state index contributed by atoms with van der Waals surface area (Å²) in [6, 6.07) is 1.88. The van der Waals surface area contributed by atoms with Gasteiger partial charge in [0.2, 0.25) is 5.91 Å². The van der Waals surface area contributed by atoms with Crippen molar-refractivity contribution in [3.8, 4) is 0 Å². The summed E-state index contributed by atoms with van der Waals surface area (Å²) >= 11 is 11.9. The Kier molecular flexibility index (Phi) is 4.24. The predicted molar refractivity (Wildman–Crippen MR) is 70.8 cm³/mol. The fourth-order valence-electron chi connectivity index (χ4n) is 2.34. The average molecular weight is 289 g/mol. The molecule has 0 spiro atoms. The van der Waals surface area contributed by atoms with Crippen LogP contribution in [0.5, 0.6) is 0 Å². The molecule has 1 aromatic heterocycles. The number of hydrogen-bond donors (Lipinski definition) is 1. The Labute approximate surface area is 115 Å². The van der Waals surface area contributed by atoms with Gasteiger partial charge in [-0.1, -0.05) is 36.0 Å². The average Bonchev–Trinajstić information content (AvgIpc) is 2.82. The summed E-state index contributed by atoms with van der Waals surface area (Å²) in [6.07, 6.45) is 4.32. The number of carbonyl (C=O) groups excluding carboxylic acids is 1. The maximum atomic E-state index is 11.2. The lowest BCUT2D eigenvalue weighted by atomic mass is 10.2. The topological polar surface area (TPSA) is 72.1 Å². The summed E-state index contributed by atoms with van der Waals surface area (Å²) in [5.41, 5.74) is 5.92. The number of nitrogens with zero attached hydrogens (tertiary/aromatic N) is 3. The zero-order valence-corrected chi connectivity index (χ0v) is 11.3. The van der Waals surface area contributed by atoms with Crippen molar-refractivity contribution in [3.05, 3.63) is 16.4 Å². The minimum atomic E-state index is -0.397. The molecule has 98 valence electrons.